The Morgan fingerprint density at radius 2 is 1.71 bits per heavy atom. The molecule has 7 heteroatoms. The number of benzene rings is 2. The van der Waals surface area contributed by atoms with E-state index in [4.69, 9.17) is 9.47 Å². The van der Waals surface area contributed by atoms with Crippen molar-refractivity contribution in [1.29, 1.82) is 0 Å². The molecule has 0 bridgehead atoms. The van der Waals surface area contributed by atoms with Gasteiger partial charge in [-0.1, -0.05) is 12.1 Å². The van der Waals surface area contributed by atoms with Crippen LogP contribution in [0.4, 0.5) is 0 Å². The van der Waals surface area contributed by atoms with Crippen molar-refractivity contribution in [2.75, 3.05) is 41.4 Å². The lowest BCUT2D eigenvalue weighted by Crippen LogP contribution is -2.32. The topological polar surface area (TPSA) is 79.3 Å². The summed E-state index contributed by atoms with van der Waals surface area (Å²) in [5.41, 5.74) is 1.23. The molecule has 1 fully saturated rings. The highest BCUT2D eigenvalue weighted by Gasteiger charge is 2.45. The van der Waals surface area contributed by atoms with Gasteiger partial charge in [-0.2, -0.15) is 0 Å². The number of ketones is 1. The van der Waals surface area contributed by atoms with Crippen molar-refractivity contribution < 1.29 is 24.2 Å². The number of ether oxygens (including phenoxy) is 2. The molecule has 0 spiro atoms. The van der Waals surface area contributed by atoms with Crippen molar-refractivity contribution in [3.63, 3.8) is 0 Å². The van der Waals surface area contributed by atoms with Gasteiger partial charge in [-0.15, -0.1) is 0 Å². The molecule has 7 nitrogen and oxygen atoms in total. The van der Waals surface area contributed by atoms with Crippen LogP contribution in [-0.2, 0) is 9.59 Å². The third-order valence-corrected chi connectivity index (χ3v) is 5.32. The van der Waals surface area contributed by atoms with Gasteiger partial charge in [0.1, 0.15) is 17.3 Å². The Hall–Kier alpha value is -3.32. The second-order valence-electron chi connectivity index (χ2n) is 7.65. The van der Waals surface area contributed by atoms with E-state index >= 15 is 0 Å². The lowest BCUT2D eigenvalue weighted by molar-refractivity contribution is -0.139. The average molecular weight is 424 g/mol. The van der Waals surface area contributed by atoms with Crippen LogP contribution in [0.5, 0.6) is 11.5 Å². The molecule has 0 radical (unpaired) electrons. The van der Waals surface area contributed by atoms with Crippen LogP contribution < -0.4 is 9.47 Å². The highest BCUT2D eigenvalue weighted by atomic mass is 16.5. The Kier molecular flexibility index (Phi) is 6.97. The van der Waals surface area contributed by atoms with Crippen LogP contribution in [0, 0.1) is 0 Å². The Morgan fingerprint density at radius 3 is 2.32 bits per heavy atom. The maximum absolute atomic E-state index is 13.0. The van der Waals surface area contributed by atoms with Crippen LogP contribution in [-0.4, -0.2) is 68.0 Å². The zero-order valence-electron chi connectivity index (χ0n) is 18.3. The van der Waals surface area contributed by atoms with Crippen molar-refractivity contribution in [3.05, 3.63) is 65.2 Å². The first kappa shape index (κ1) is 22.4. The van der Waals surface area contributed by atoms with E-state index < -0.39 is 17.7 Å². The van der Waals surface area contributed by atoms with Gasteiger partial charge in [0.05, 0.1) is 25.8 Å². The highest BCUT2D eigenvalue weighted by Crippen LogP contribution is 2.40. The van der Waals surface area contributed by atoms with Crippen molar-refractivity contribution in [3.8, 4) is 11.5 Å². The molecule has 1 saturated heterocycles. The lowest BCUT2D eigenvalue weighted by Gasteiger charge is -2.26. The lowest BCUT2D eigenvalue weighted by atomic mass is 9.95. The van der Waals surface area contributed by atoms with E-state index in [1.807, 2.05) is 31.1 Å². The fourth-order valence-electron chi connectivity index (χ4n) is 3.73. The van der Waals surface area contributed by atoms with E-state index in [1.54, 1.807) is 50.6 Å². The summed E-state index contributed by atoms with van der Waals surface area (Å²) >= 11 is 0. The molecule has 1 atom stereocenters. The number of carbonyl (C=O) groups excluding carboxylic acids is 2. The minimum Gasteiger partial charge on any atom is -0.507 e. The van der Waals surface area contributed by atoms with Gasteiger partial charge in [-0.3, -0.25) is 9.59 Å². The number of rotatable bonds is 8. The van der Waals surface area contributed by atoms with E-state index in [0.29, 0.717) is 35.6 Å². The molecule has 1 heterocycles. The second-order valence-corrected chi connectivity index (χ2v) is 7.65. The van der Waals surface area contributed by atoms with Gasteiger partial charge >= 0.3 is 0 Å². The van der Waals surface area contributed by atoms with E-state index in [1.165, 1.54) is 4.90 Å². The molecule has 0 aliphatic carbocycles. The van der Waals surface area contributed by atoms with Crippen LogP contribution in [0.3, 0.4) is 0 Å². The van der Waals surface area contributed by atoms with Gasteiger partial charge in [0.25, 0.3) is 11.7 Å². The molecular weight excluding hydrogens is 396 g/mol. The highest BCUT2D eigenvalue weighted by molar-refractivity contribution is 6.46. The monoisotopic (exact) mass is 424 g/mol. The summed E-state index contributed by atoms with van der Waals surface area (Å²) in [5.74, 6) is -0.262. The Balaban J connectivity index is 2.09. The number of Topliss-reactive ketones (excluding diaryl/α,β-unsaturated/α-hetero) is 1. The van der Waals surface area contributed by atoms with Crippen molar-refractivity contribution in [2.24, 2.45) is 0 Å². The van der Waals surface area contributed by atoms with E-state index in [-0.39, 0.29) is 11.3 Å². The quantitative estimate of drug-likeness (QED) is 0.399. The number of aliphatic hydroxyl groups excluding tert-OH is 1. The first-order chi connectivity index (χ1) is 14.9. The molecule has 0 saturated carbocycles. The second kappa shape index (κ2) is 9.66. The van der Waals surface area contributed by atoms with Crippen LogP contribution in [0.15, 0.2) is 54.1 Å². The predicted octanol–water partition coefficient (Wildman–Crippen LogP) is 3.08. The molecule has 164 valence electrons. The van der Waals surface area contributed by atoms with Gasteiger partial charge in [0.2, 0.25) is 0 Å². The molecule has 3 rings (SSSR count). The summed E-state index contributed by atoms with van der Waals surface area (Å²) in [7, 11) is 7.02. The van der Waals surface area contributed by atoms with Crippen LogP contribution >= 0.6 is 0 Å². The summed E-state index contributed by atoms with van der Waals surface area (Å²) in [6, 6.07) is 13.3. The van der Waals surface area contributed by atoms with Crippen molar-refractivity contribution in [2.45, 2.75) is 12.5 Å². The normalized spacial score (nSPS) is 18.0. The average Bonchev–Trinajstić information content (AvgIpc) is 3.03. The summed E-state index contributed by atoms with van der Waals surface area (Å²) in [4.78, 5) is 29.5. The fourth-order valence-corrected chi connectivity index (χ4v) is 3.73. The van der Waals surface area contributed by atoms with Gasteiger partial charge < -0.3 is 24.4 Å². The summed E-state index contributed by atoms with van der Waals surface area (Å²) < 4.78 is 10.5. The number of methoxy groups -OCH3 is 2. The number of hydrogen-bond donors (Lipinski definition) is 1. The fraction of sp³-hybridized carbons (Fsp3) is 0.333. The Morgan fingerprint density at radius 1 is 1.03 bits per heavy atom. The van der Waals surface area contributed by atoms with E-state index in [2.05, 4.69) is 0 Å². The third-order valence-electron chi connectivity index (χ3n) is 5.32. The number of nitrogens with zero attached hydrogens (tertiary/aromatic N) is 2. The van der Waals surface area contributed by atoms with E-state index in [0.717, 1.165) is 6.54 Å². The van der Waals surface area contributed by atoms with E-state index in [9.17, 15) is 14.7 Å². The molecule has 1 N–H and O–H groups in total. The van der Waals surface area contributed by atoms with Crippen LogP contribution in [0.1, 0.15) is 23.6 Å². The maximum Gasteiger partial charge on any atom is 0.295 e. The summed E-state index contributed by atoms with van der Waals surface area (Å²) in [6.07, 6.45) is 0.697. The number of aliphatic hydroxyl groups is 1. The molecule has 2 aromatic rings. The molecule has 2 aromatic carbocycles. The summed E-state index contributed by atoms with van der Waals surface area (Å²) in [5, 5.41) is 11.1. The SMILES string of the molecule is COc1ccc(/C(O)=C2\C(=O)C(=O)N(CCCN(C)C)[C@H]2c2cccc(OC)c2)cc1. The Bertz CT molecular complexity index is 982. The number of hydrogen-bond acceptors (Lipinski definition) is 6. The zero-order chi connectivity index (χ0) is 22.5. The molecule has 31 heavy (non-hydrogen) atoms. The first-order valence-electron chi connectivity index (χ1n) is 10.1. The number of amides is 1. The van der Waals surface area contributed by atoms with Crippen molar-refractivity contribution in [1.82, 2.24) is 9.80 Å². The molecular formula is C24H28N2O5. The standard InChI is InChI=1S/C24H28N2O5/c1-25(2)13-6-14-26-21(17-7-5-8-19(15-17)31-4)20(23(28)24(26)29)22(27)16-9-11-18(30-3)12-10-16/h5,7-12,15,21,27H,6,13-14H2,1-4H3/b22-20+/t21-/m0/s1. The number of likely N-dealkylation sites (tertiary alicyclic amines) is 1. The summed E-state index contributed by atoms with van der Waals surface area (Å²) in [6.45, 7) is 1.16. The third kappa shape index (κ3) is 4.72. The minimum atomic E-state index is -0.695. The smallest absolute Gasteiger partial charge is 0.295 e. The molecule has 1 aliphatic heterocycles. The minimum absolute atomic E-state index is 0.0771. The largest absolute Gasteiger partial charge is 0.507 e. The van der Waals surface area contributed by atoms with Gasteiger partial charge in [0, 0.05) is 12.1 Å². The van der Waals surface area contributed by atoms with Gasteiger partial charge in [-0.25, -0.2) is 0 Å². The van der Waals surface area contributed by atoms with Crippen LogP contribution in [0.2, 0.25) is 0 Å². The maximum atomic E-state index is 13.0. The number of carbonyl (C=O) groups is 2. The predicted molar refractivity (Wildman–Crippen MR) is 118 cm³/mol. The van der Waals surface area contributed by atoms with Crippen LogP contribution in [0.25, 0.3) is 5.76 Å². The van der Waals surface area contributed by atoms with Gasteiger partial charge in [0.15, 0.2) is 0 Å². The molecule has 0 aromatic heterocycles. The zero-order valence-corrected chi connectivity index (χ0v) is 18.3. The Labute approximate surface area is 182 Å². The molecule has 0 unspecified atom stereocenters. The molecule has 1 aliphatic rings. The van der Waals surface area contributed by atoms with Crippen molar-refractivity contribution >= 4 is 17.4 Å². The first-order valence-corrected chi connectivity index (χ1v) is 10.1. The van der Waals surface area contributed by atoms with Gasteiger partial charge in [-0.05, 0) is 69.0 Å². The molecule has 1 amide bonds.